The van der Waals surface area contributed by atoms with Gasteiger partial charge in [0.15, 0.2) is 0 Å². The molecule has 1 saturated heterocycles. The highest BCUT2D eigenvalue weighted by atomic mass is 16.4. The van der Waals surface area contributed by atoms with E-state index in [0.29, 0.717) is 12.8 Å². The number of rotatable bonds is 4. The molecule has 0 aromatic rings. The lowest BCUT2D eigenvalue weighted by Crippen LogP contribution is -2.47. The van der Waals surface area contributed by atoms with Gasteiger partial charge in [-0.05, 0) is 45.1 Å². The second kappa shape index (κ2) is 5.90. The van der Waals surface area contributed by atoms with Crippen LogP contribution in [0.25, 0.3) is 0 Å². The second-order valence-corrected chi connectivity index (χ2v) is 5.92. The van der Waals surface area contributed by atoms with Gasteiger partial charge in [-0.3, -0.25) is 9.59 Å². The van der Waals surface area contributed by atoms with Crippen LogP contribution in [-0.2, 0) is 9.59 Å². The molecule has 5 nitrogen and oxygen atoms in total. The molecule has 1 atom stereocenters. The smallest absolute Gasteiger partial charge is 0.306 e. The molecular weight excluding hydrogens is 244 g/mol. The molecule has 0 spiro atoms. The van der Waals surface area contributed by atoms with Gasteiger partial charge in [0.05, 0.1) is 11.3 Å². The average Bonchev–Trinajstić information content (AvgIpc) is 2.89. The van der Waals surface area contributed by atoms with Crippen LogP contribution in [0.5, 0.6) is 0 Å². The fourth-order valence-electron chi connectivity index (χ4n) is 3.22. The van der Waals surface area contributed by atoms with Crippen LogP contribution in [-0.4, -0.2) is 36.1 Å². The van der Waals surface area contributed by atoms with E-state index in [2.05, 4.69) is 17.6 Å². The predicted molar refractivity (Wildman–Crippen MR) is 71.7 cm³/mol. The summed E-state index contributed by atoms with van der Waals surface area (Å²) in [5, 5.41) is 15.4. The Morgan fingerprint density at radius 1 is 1.32 bits per heavy atom. The van der Waals surface area contributed by atoms with E-state index in [4.69, 9.17) is 5.11 Å². The lowest BCUT2D eigenvalue weighted by Gasteiger charge is -2.31. The average molecular weight is 268 g/mol. The molecule has 1 aliphatic heterocycles. The molecule has 2 rings (SSSR count). The number of carboxylic acid groups (broad SMARTS) is 1. The molecule has 1 saturated carbocycles. The lowest BCUT2D eigenvalue weighted by molar-refractivity contribution is -0.142. The molecule has 0 radical (unpaired) electrons. The summed E-state index contributed by atoms with van der Waals surface area (Å²) in [6.07, 6.45) is 4.69. The van der Waals surface area contributed by atoms with E-state index in [1.807, 2.05) is 0 Å². The Labute approximate surface area is 114 Å². The Hall–Kier alpha value is -1.10. The Morgan fingerprint density at radius 3 is 2.47 bits per heavy atom. The van der Waals surface area contributed by atoms with Crippen molar-refractivity contribution in [1.29, 1.82) is 0 Å². The van der Waals surface area contributed by atoms with Gasteiger partial charge in [-0.2, -0.15) is 0 Å². The molecule has 2 aliphatic rings. The first-order valence-electron chi connectivity index (χ1n) is 7.32. The van der Waals surface area contributed by atoms with Crippen molar-refractivity contribution in [2.24, 2.45) is 11.3 Å². The Morgan fingerprint density at radius 2 is 2.00 bits per heavy atom. The third-order valence-electron chi connectivity index (χ3n) is 4.81. The molecule has 108 valence electrons. The van der Waals surface area contributed by atoms with Crippen molar-refractivity contribution in [3.63, 3.8) is 0 Å². The molecule has 2 fully saturated rings. The number of amides is 1. The van der Waals surface area contributed by atoms with Gasteiger partial charge in [0, 0.05) is 12.6 Å². The molecule has 1 aliphatic carbocycles. The quantitative estimate of drug-likeness (QED) is 0.714. The number of aliphatic carboxylic acids is 1. The SMILES string of the molecule is CCC1(C(=O)NC2CCC(C(=O)O)CC2)CCNC1. The summed E-state index contributed by atoms with van der Waals surface area (Å²) >= 11 is 0. The molecule has 1 heterocycles. The van der Waals surface area contributed by atoms with E-state index in [0.717, 1.165) is 38.8 Å². The van der Waals surface area contributed by atoms with E-state index in [1.54, 1.807) is 0 Å². The number of carbonyl (C=O) groups excluding carboxylic acids is 1. The molecule has 1 unspecified atom stereocenters. The summed E-state index contributed by atoms with van der Waals surface area (Å²) in [5.41, 5.74) is -0.246. The number of hydrogen-bond donors (Lipinski definition) is 3. The lowest BCUT2D eigenvalue weighted by atomic mass is 9.81. The van der Waals surface area contributed by atoms with Crippen LogP contribution in [0.1, 0.15) is 45.4 Å². The summed E-state index contributed by atoms with van der Waals surface area (Å²) in [4.78, 5) is 23.3. The van der Waals surface area contributed by atoms with Gasteiger partial charge < -0.3 is 15.7 Å². The van der Waals surface area contributed by atoms with Crippen LogP contribution in [0.4, 0.5) is 0 Å². The van der Waals surface area contributed by atoms with Crippen LogP contribution in [0.15, 0.2) is 0 Å². The number of carboxylic acids is 1. The van der Waals surface area contributed by atoms with Crippen molar-refractivity contribution in [3.05, 3.63) is 0 Å². The van der Waals surface area contributed by atoms with Crippen molar-refractivity contribution in [3.8, 4) is 0 Å². The third kappa shape index (κ3) is 3.08. The summed E-state index contributed by atoms with van der Waals surface area (Å²) in [6, 6.07) is 0.159. The van der Waals surface area contributed by atoms with Gasteiger partial charge in [0.25, 0.3) is 0 Å². The van der Waals surface area contributed by atoms with Crippen LogP contribution in [0, 0.1) is 11.3 Å². The zero-order valence-electron chi connectivity index (χ0n) is 11.6. The minimum Gasteiger partial charge on any atom is -0.481 e. The number of hydrogen-bond acceptors (Lipinski definition) is 3. The fraction of sp³-hybridized carbons (Fsp3) is 0.857. The monoisotopic (exact) mass is 268 g/mol. The van der Waals surface area contributed by atoms with E-state index in [1.165, 1.54) is 0 Å². The normalized spacial score (nSPS) is 35.0. The molecule has 0 aromatic carbocycles. The van der Waals surface area contributed by atoms with Crippen molar-refractivity contribution in [1.82, 2.24) is 10.6 Å². The Balaban J connectivity index is 1.85. The Bertz CT molecular complexity index is 343. The molecule has 1 amide bonds. The van der Waals surface area contributed by atoms with Crippen LogP contribution in [0.2, 0.25) is 0 Å². The second-order valence-electron chi connectivity index (χ2n) is 5.92. The van der Waals surface area contributed by atoms with Gasteiger partial charge in [-0.25, -0.2) is 0 Å². The molecule has 0 aromatic heterocycles. The molecule has 0 bridgehead atoms. The first kappa shape index (κ1) is 14.3. The summed E-state index contributed by atoms with van der Waals surface area (Å²) < 4.78 is 0. The Kier molecular flexibility index (Phi) is 4.45. The number of nitrogens with one attached hydrogen (secondary N) is 2. The maximum Gasteiger partial charge on any atom is 0.306 e. The van der Waals surface area contributed by atoms with Crippen LogP contribution < -0.4 is 10.6 Å². The van der Waals surface area contributed by atoms with Gasteiger partial charge in [-0.1, -0.05) is 6.92 Å². The summed E-state index contributed by atoms with van der Waals surface area (Å²) in [6.45, 7) is 3.74. The van der Waals surface area contributed by atoms with Gasteiger partial charge in [0.2, 0.25) is 5.91 Å². The zero-order valence-corrected chi connectivity index (χ0v) is 11.6. The van der Waals surface area contributed by atoms with E-state index in [9.17, 15) is 9.59 Å². The maximum atomic E-state index is 12.4. The molecular formula is C14H24N2O3. The van der Waals surface area contributed by atoms with E-state index >= 15 is 0 Å². The molecule has 5 heteroatoms. The summed E-state index contributed by atoms with van der Waals surface area (Å²) in [7, 11) is 0. The highest BCUT2D eigenvalue weighted by Gasteiger charge is 2.40. The van der Waals surface area contributed by atoms with E-state index < -0.39 is 5.97 Å². The third-order valence-corrected chi connectivity index (χ3v) is 4.81. The molecule has 19 heavy (non-hydrogen) atoms. The highest BCUT2D eigenvalue weighted by Crippen LogP contribution is 2.31. The fourth-order valence-corrected chi connectivity index (χ4v) is 3.22. The van der Waals surface area contributed by atoms with Gasteiger partial charge in [0.1, 0.15) is 0 Å². The van der Waals surface area contributed by atoms with Crippen LogP contribution >= 0.6 is 0 Å². The van der Waals surface area contributed by atoms with Crippen molar-refractivity contribution in [2.45, 2.75) is 51.5 Å². The largest absolute Gasteiger partial charge is 0.481 e. The van der Waals surface area contributed by atoms with Crippen LogP contribution in [0.3, 0.4) is 0 Å². The van der Waals surface area contributed by atoms with Gasteiger partial charge >= 0.3 is 5.97 Å². The topological polar surface area (TPSA) is 78.4 Å². The zero-order chi connectivity index (χ0) is 13.9. The van der Waals surface area contributed by atoms with Crippen molar-refractivity contribution in [2.75, 3.05) is 13.1 Å². The van der Waals surface area contributed by atoms with E-state index in [-0.39, 0.29) is 23.3 Å². The van der Waals surface area contributed by atoms with Crippen molar-refractivity contribution >= 4 is 11.9 Å². The minimum absolute atomic E-state index is 0.152. The predicted octanol–water partition coefficient (Wildman–Crippen LogP) is 1.14. The minimum atomic E-state index is -0.699. The van der Waals surface area contributed by atoms with Crippen molar-refractivity contribution < 1.29 is 14.7 Å². The summed E-state index contributed by atoms with van der Waals surface area (Å²) in [5.74, 6) is -0.769. The highest BCUT2D eigenvalue weighted by molar-refractivity contribution is 5.83. The first-order chi connectivity index (χ1) is 9.07. The standard InChI is InChI=1S/C14H24N2O3/c1-2-14(7-8-15-9-14)13(19)16-11-5-3-10(4-6-11)12(17)18/h10-11,15H,2-9H2,1H3,(H,16,19)(H,17,18). The van der Waals surface area contributed by atoms with Gasteiger partial charge in [-0.15, -0.1) is 0 Å². The first-order valence-corrected chi connectivity index (χ1v) is 7.32. The molecule has 3 N–H and O–H groups in total. The maximum absolute atomic E-state index is 12.4. The number of carbonyl (C=O) groups is 2.